The van der Waals surface area contributed by atoms with Crippen molar-refractivity contribution in [1.82, 2.24) is 0 Å². The Kier molecular flexibility index (Phi) is 5.19. The quantitative estimate of drug-likeness (QED) is 0.798. The second kappa shape index (κ2) is 7.11. The average molecular weight is 318 g/mol. The molecule has 0 saturated heterocycles. The topological polar surface area (TPSA) is 97.7 Å². The predicted octanol–water partition coefficient (Wildman–Crippen LogP) is 2.53. The van der Waals surface area contributed by atoms with E-state index in [1.165, 1.54) is 12.1 Å². The number of benzene rings is 2. The molecule has 0 atom stereocenters. The van der Waals surface area contributed by atoms with Crippen LogP contribution in [0.3, 0.4) is 0 Å². The highest BCUT2D eigenvalue weighted by molar-refractivity contribution is 7.89. The number of aromatic carboxylic acids is 2. The summed E-state index contributed by atoms with van der Waals surface area (Å²) in [6, 6.07) is 12.7. The van der Waals surface area contributed by atoms with Crippen LogP contribution in [0.2, 0.25) is 0 Å². The van der Waals surface area contributed by atoms with Gasteiger partial charge in [0.2, 0.25) is 0 Å². The van der Waals surface area contributed by atoms with E-state index in [4.69, 9.17) is 10.2 Å². The van der Waals surface area contributed by atoms with E-state index < -0.39 is 23.1 Å². The molecule has 0 heterocycles. The molecule has 0 amide bonds. The third kappa shape index (κ3) is 3.87. The molecule has 2 rings (SSSR count). The van der Waals surface area contributed by atoms with Crippen molar-refractivity contribution in [2.75, 3.05) is 0 Å². The number of hydrogen-bond donors (Lipinski definition) is 2. The summed E-state index contributed by atoms with van der Waals surface area (Å²) in [5.74, 6) is -2.01. The monoisotopic (exact) mass is 318 g/mol. The first-order chi connectivity index (χ1) is 10.5. The molecule has 0 saturated carbocycles. The minimum absolute atomic E-state index is 0.0659. The van der Waals surface area contributed by atoms with Crippen LogP contribution < -0.4 is 0 Å². The van der Waals surface area contributed by atoms with Gasteiger partial charge in [-0.05, 0) is 23.3 Å². The summed E-state index contributed by atoms with van der Waals surface area (Å²) in [5, 5.41) is 18.2. The lowest BCUT2D eigenvalue weighted by Gasteiger charge is -2.13. The van der Waals surface area contributed by atoms with Gasteiger partial charge in [-0.15, -0.1) is 0 Å². The summed E-state index contributed by atoms with van der Waals surface area (Å²) in [7, 11) is 0. The molecule has 6 heteroatoms. The Morgan fingerprint density at radius 1 is 0.818 bits per heavy atom. The zero-order chi connectivity index (χ0) is 16.1. The molecule has 2 N–H and O–H groups in total. The third-order valence-electron chi connectivity index (χ3n) is 3.13. The Hall–Kier alpha value is -2.31. The van der Waals surface area contributed by atoms with Gasteiger partial charge in [0.25, 0.3) is 0 Å². The number of carboxylic acid groups (broad SMARTS) is 2. The molecule has 0 aliphatic heterocycles. The van der Waals surface area contributed by atoms with E-state index in [1.54, 1.807) is 36.4 Å². The van der Waals surface area contributed by atoms with Gasteiger partial charge in [-0.3, -0.25) is 0 Å². The van der Waals surface area contributed by atoms with Crippen LogP contribution in [0.5, 0.6) is 0 Å². The number of rotatable bonds is 6. The van der Waals surface area contributed by atoms with Crippen LogP contribution in [0.25, 0.3) is 0 Å². The molecule has 22 heavy (non-hydrogen) atoms. The van der Waals surface area contributed by atoms with Gasteiger partial charge in [0.15, 0.2) is 0 Å². The van der Waals surface area contributed by atoms with E-state index in [9.17, 15) is 14.1 Å². The largest absolute Gasteiger partial charge is 0.616 e. The number of carboxylic acids is 2. The minimum Gasteiger partial charge on any atom is -0.616 e. The van der Waals surface area contributed by atoms with Gasteiger partial charge < -0.3 is 14.8 Å². The number of carbonyl (C=O) groups is 2. The molecule has 0 aliphatic rings. The Morgan fingerprint density at radius 3 is 1.55 bits per heavy atom. The van der Waals surface area contributed by atoms with E-state index in [1.807, 2.05) is 0 Å². The second-order valence-corrected chi connectivity index (χ2v) is 6.11. The van der Waals surface area contributed by atoms with Crippen molar-refractivity contribution < 1.29 is 24.4 Å². The normalized spacial score (nSPS) is 10.6. The van der Waals surface area contributed by atoms with Crippen LogP contribution in [-0.4, -0.2) is 26.7 Å². The van der Waals surface area contributed by atoms with Gasteiger partial charge in [-0.2, -0.15) is 0 Å². The highest BCUT2D eigenvalue weighted by Gasteiger charge is 2.18. The van der Waals surface area contributed by atoms with Gasteiger partial charge >= 0.3 is 11.9 Å². The molecule has 0 spiro atoms. The fourth-order valence-corrected chi connectivity index (χ4v) is 3.41. The Balaban J connectivity index is 2.16. The minimum atomic E-state index is -1.40. The molecule has 0 fully saturated rings. The molecule has 2 aromatic rings. The van der Waals surface area contributed by atoms with Crippen molar-refractivity contribution in [3.05, 3.63) is 70.8 Å². The molecular formula is C16H14O5S. The molecule has 0 radical (unpaired) electrons. The van der Waals surface area contributed by atoms with Crippen molar-refractivity contribution in [3.8, 4) is 0 Å². The standard InChI is InChI=1S/C16H14O5S/c17-15(18)13-7-3-1-5-11(13)9-22(21)10-12-6-2-4-8-14(12)16(19)20/h1-8H,9-10H2,(H,17,18)(H,19,20). The smallest absolute Gasteiger partial charge is 0.336 e. The zero-order valence-electron chi connectivity index (χ0n) is 11.6. The SMILES string of the molecule is O=C(O)c1ccccc1C[S+]([O-])Cc1ccccc1C(=O)O. The molecule has 0 unspecified atom stereocenters. The fourth-order valence-electron chi connectivity index (χ4n) is 2.11. The first-order valence-corrected chi connectivity index (χ1v) is 7.95. The molecular weight excluding hydrogens is 304 g/mol. The first-order valence-electron chi connectivity index (χ1n) is 6.46. The maximum atomic E-state index is 12.3. The van der Waals surface area contributed by atoms with Gasteiger partial charge in [0.1, 0.15) is 11.5 Å². The van der Waals surface area contributed by atoms with Crippen LogP contribution >= 0.6 is 0 Å². The van der Waals surface area contributed by atoms with E-state index in [-0.39, 0.29) is 22.6 Å². The van der Waals surface area contributed by atoms with Crippen molar-refractivity contribution in [1.29, 1.82) is 0 Å². The Morgan fingerprint density at radius 2 is 1.18 bits per heavy atom. The summed E-state index contributed by atoms with van der Waals surface area (Å²) in [5.41, 5.74) is 1.17. The van der Waals surface area contributed by atoms with Crippen LogP contribution in [-0.2, 0) is 22.7 Å². The summed E-state index contributed by atoms with van der Waals surface area (Å²) < 4.78 is 12.3. The third-order valence-corrected chi connectivity index (χ3v) is 4.39. The molecule has 2 aromatic carbocycles. The van der Waals surface area contributed by atoms with Crippen LogP contribution in [0.4, 0.5) is 0 Å². The zero-order valence-corrected chi connectivity index (χ0v) is 12.4. The van der Waals surface area contributed by atoms with Crippen LogP contribution in [0.15, 0.2) is 48.5 Å². The van der Waals surface area contributed by atoms with Gasteiger partial charge in [-0.1, -0.05) is 36.4 Å². The molecule has 114 valence electrons. The van der Waals surface area contributed by atoms with E-state index in [0.717, 1.165) is 0 Å². The van der Waals surface area contributed by atoms with E-state index >= 15 is 0 Å². The Labute approximate surface area is 130 Å². The molecule has 0 bridgehead atoms. The highest BCUT2D eigenvalue weighted by Crippen LogP contribution is 2.18. The van der Waals surface area contributed by atoms with Gasteiger partial charge in [0.05, 0.1) is 11.1 Å². The lowest BCUT2D eigenvalue weighted by Crippen LogP contribution is -2.13. The Bertz CT molecular complexity index is 639. The first kappa shape index (κ1) is 16.1. The predicted molar refractivity (Wildman–Crippen MR) is 82.4 cm³/mol. The van der Waals surface area contributed by atoms with Crippen LogP contribution in [0, 0.1) is 0 Å². The lowest BCUT2D eigenvalue weighted by atomic mass is 10.1. The summed E-state index contributed by atoms with van der Waals surface area (Å²) >= 11 is -1.40. The second-order valence-electron chi connectivity index (χ2n) is 4.65. The fraction of sp³-hybridized carbons (Fsp3) is 0.125. The average Bonchev–Trinajstić information content (AvgIpc) is 2.47. The van der Waals surface area contributed by atoms with Crippen LogP contribution in [0.1, 0.15) is 31.8 Å². The highest BCUT2D eigenvalue weighted by atomic mass is 32.2. The summed E-state index contributed by atoms with van der Waals surface area (Å²) in [4.78, 5) is 22.3. The van der Waals surface area contributed by atoms with Gasteiger partial charge in [0, 0.05) is 11.1 Å². The maximum absolute atomic E-state index is 12.3. The van der Waals surface area contributed by atoms with E-state index in [0.29, 0.717) is 11.1 Å². The summed E-state index contributed by atoms with van der Waals surface area (Å²) in [6.07, 6.45) is 0. The van der Waals surface area contributed by atoms with E-state index in [2.05, 4.69) is 0 Å². The number of hydrogen-bond acceptors (Lipinski definition) is 3. The lowest BCUT2D eigenvalue weighted by molar-refractivity contribution is 0.0685. The summed E-state index contributed by atoms with van der Waals surface area (Å²) in [6.45, 7) is 0. The molecule has 0 aromatic heterocycles. The van der Waals surface area contributed by atoms with Crippen molar-refractivity contribution in [2.24, 2.45) is 0 Å². The maximum Gasteiger partial charge on any atom is 0.336 e. The van der Waals surface area contributed by atoms with Gasteiger partial charge in [-0.25, -0.2) is 9.59 Å². The van der Waals surface area contributed by atoms with Crippen molar-refractivity contribution in [3.63, 3.8) is 0 Å². The molecule has 5 nitrogen and oxygen atoms in total. The molecule has 0 aliphatic carbocycles. The van der Waals surface area contributed by atoms with Crippen molar-refractivity contribution in [2.45, 2.75) is 11.5 Å². The van der Waals surface area contributed by atoms with Crippen molar-refractivity contribution >= 4 is 23.1 Å².